The monoisotopic (exact) mass is 245 g/mol. The summed E-state index contributed by atoms with van der Waals surface area (Å²) in [4.78, 5) is 8.72. The number of rotatable bonds is 5. The molecule has 0 saturated heterocycles. The highest BCUT2D eigenvalue weighted by Gasteiger charge is 2.02. The van der Waals surface area contributed by atoms with E-state index in [0.717, 1.165) is 36.5 Å². The van der Waals surface area contributed by atoms with Gasteiger partial charge in [0.05, 0.1) is 5.69 Å². The third-order valence-corrected chi connectivity index (χ3v) is 2.67. The van der Waals surface area contributed by atoms with Crippen molar-refractivity contribution in [3.63, 3.8) is 0 Å². The Kier molecular flexibility index (Phi) is 4.36. The summed E-state index contributed by atoms with van der Waals surface area (Å²) in [6.45, 7) is 0.949. The van der Waals surface area contributed by atoms with Crippen LogP contribution >= 0.6 is 0 Å². The third-order valence-electron chi connectivity index (χ3n) is 2.67. The number of halogens is 1. The predicted octanol–water partition coefficient (Wildman–Crippen LogP) is 2.43. The molecule has 18 heavy (non-hydrogen) atoms. The molecule has 0 spiro atoms. The van der Waals surface area contributed by atoms with E-state index in [0.29, 0.717) is 0 Å². The van der Waals surface area contributed by atoms with Gasteiger partial charge in [0, 0.05) is 18.2 Å². The number of hydrogen-bond donors (Lipinski definition) is 1. The van der Waals surface area contributed by atoms with Crippen LogP contribution in [0.2, 0.25) is 0 Å². The van der Waals surface area contributed by atoms with Gasteiger partial charge in [0.2, 0.25) is 0 Å². The molecular formula is C14H16FN3. The Morgan fingerprint density at radius 2 is 1.94 bits per heavy atom. The van der Waals surface area contributed by atoms with Gasteiger partial charge < -0.3 is 5.32 Å². The van der Waals surface area contributed by atoms with Gasteiger partial charge in [-0.25, -0.2) is 14.4 Å². The molecule has 0 saturated carbocycles. The minimum atomic E-state index is -0.234. The van der Waals surface area contributed by atoms with Gasteiger partial charge in [0.15, 0.2) is 0 Å². The molecule has 0 aliphatic heterocycles. The molecule has 1 aromatic carbocycles. The Bertz CT molecular complexity index is 497. The van der Waals surface area contributed by atoms with Gasteiger partial charge in [-0.1, -0.05) is 0 Å². The molecule has 0 atom stereocenters. The molecule has 0 fully saturated rings. The molecule has 4 heteroatoms. The topological polar surface area (TPSA) is 37.8 Å². The van der Waals surface area contributed by atoms with E-state index in [-0.39, 0.29) is 5.82 Å². The van der Waals surface area contributed by atoms with Gasteiger partial charge in [-0.05, 0) is 50.3 Å². The molecule has 0 radical (unpaired) electrons. The van der Waals surface area contributed by atoms with Crippen LogP contribution in [0.15, 0.2) is 36.5 Å². The maximum absolute atomic E-state index is 12.8. The molecular weight excluding hydrogens is 229 g/mol. The van der Waals surface area contributed by atoms with Crippen LogP contribution in [-0.4, -0.2) is 23.6 Å². The molecule has 1 N–H and O–H groups in total. The first-order valence-corrected chi connectivity index (χ1v) is 6.02. The van der Waals surface area contributed by atoms with E-state index >= 15 is 0 Å². The van der Waals surface area contributed by atoms with E-state index in [1.54, 1.807) is 18.3 Å². The molecule has 2 rings (SSSR count). The van der Waals surface area contributed by atoms with Crippen molar-refractivity contribution in [1.29, 1.82) is 0 Å². The molecule has 0 aliphatic carbocycles. The molecule has 94 valence electrons. The zero-order valence-electron chi connectivity index (χ0n) is 10.4. The predicted molar refractivity (Wildman–Crippen MR) is 69.7 cm³/mol. The van der Waals surface area contributed by atoms with Crippen molar-refractivity contribution in [2.45, 2.75) is 12.8 Å². The second-order valence-corrected chi connectivity index (χ2v) is 4.07. The SMILES string of the molecule is CNCCCc1nccc(-c2ccc(F)cc2)n1. The van der Waals surface area contributed by atoms with Crippen LogP contribution < -0.4 is 5.32 Å². The third kappa shape index (κ3) is 3.34. The molecule has 1 heterocycles. The van der Waals surface area contributed by atoms with Crippen LogP contribution in [0.5, 0.6) is 0 Å². The molecule has 1 aromatic heterocycles. The lowest BCUT2D eigenvalue weighted by atomic mass is 10.1. The summed E-state index contributed by atoms with van der Waals surface area (Å²) in [5, 5.41) is 3.09. The molecule has 0 bridgehead atoms. The highest BCUT2D eigenvalue weighted by Crippen LogP contribution is 2.16. The van der Waals surface area contributed by atoms with Crippen molar-refractivity contribution in [3.05, 3.63) is 48.2 Å². The fraction of sp³-hybridized carbons (Fsp3) is 0.286. The minimum absolute atomic E-state index is 0.234. The lowest BCUT2D eigenvalue weighted by molar-refractivity contribution is 0.628. The Labute approximate surface area is 106 Å². The fourth-order valence-corrected chi connectivity index (χ4v) is 1.72. The molecule has 0 aliphatic rings. The number of aromatic nitrogens is 2. The van der Waals surface area contributed by atoms with E-state index < -0.39 is 0 Å². The summed E-state index contributed by atoms with van der Waals surface area (Å²) in [6.07, 6.45) is 3.60. The second-order valence-electron chi connectivity index (χ2n) is 4.07. The molecule has 0 amide bonds. The standard InChI is InChI=1S/C14H16FN3/c1-16-9-2-3-14-17-10-8-13(18-14)11-4-6-12(15)7-5-11/h4-8,10,16H,2-3,9H2,1H3. The van der Waals surface area contributed by atoms with E-state index in [1.165, 1.54) is 12.1 Å². The molecule has 3 nitrogen and oxygen atoms in total. The highest BCUT2D eigenvalue weighted by molar-refractivity contribution is 5.58. The number of hydrogen-bond acceptors (Lipinski definition) is 3. The summed E-state index contributed by atoms with van der Waals surface area (Å²) in [6, 6.07) is 8.19. The number of nitrogens with one attached hydrogen (secondary N) is 1. The first-order chi connectivity index (χ1) is 8.79. The summed E-state index contributed by atoms with van der Waals surface area (Å²) >= 11 is 0. The maximum atomic E-state index is 12.8. The van der Waals surface area contributed by atoms with Crippen molar-refractivity contribution in [3.8, 4) is 11.3 Å². The fourth-order valence-electron chi connectivity index (χ4n) is 1.72. The minimum Gasteiger partial charge on any atom is -0.320 e. The van der Waals surface area contributed by atoms with Crippen LogP contribution in [0, 0.1) is 5.82 Å². The Hall–Kier alpha value is -1.81. The summed E-state index contributed by atoms with van der Waals surface area (Å²) in [5.41, 5.74) is 1.75. The van der Waals surface area contributed by atoms with Crippen molar-refractivity contribution in [1.82, 2.24) is 15.3 Å². The first kappa shape index (κ1) is 12.6. The van der Waals surface area contributed by atoms with Crippen LogP contribution in [0.4, 0.5) is 4.39 Å². The lowest BCUT2D eigenvalue weighted by Crippen LogP contribution is -2.09. The molecule has 0 unspecified atom stereocenters. The van der Waals surface area contributed by atoms with Crippen molar-refractivity contribution in [2.75, 3.05) is 13.6 Å². The Balaban J connectivity index is 2.13. The number of aryl methyl sites for hydroxylation is 1. The lowest BCUT2D eigenvalue weighted by Gasteiger charge is -2.04. The van der Waals surface area contributed by atoms with Crippen LogP contribution in [-0.2, 0) is 6.42 Å². The number of benzene rings is 1. The van der Waals surface area contributed by atoms with E-state index in [9.17, 15) is 4.39 Å². The first-order valence-electron chi connectivity index (χ1n) is 6.02. The van der Waals surface area contributed by atoms with Gasteiger partial charge in [-0.3, -0.25) is 0 Å². The Morgan fingerprint density at radius 3 is 2.67 bits per heavy atom. The van der Waals surface area contributed by atoms with Gasteiger partial charge >= 0.3 is 0 Å². The quantitative estimate of drug-likeness (QED) is 0.822. The largest absolute Gasteiger partial charge is 0.320 e. The zero-order chi connectivity index (χ0) is 12.8. The average molecular weight is 245 g/mol. The van der Waals surface area contributed by atoms with Gasteiger partial charge in [0.1, 0.15) is 11.6 Å². The van der Waals surface area contributed by atoms with Crippen molar-refractivity contribution >= 4 is 0 Å². The van der Waals surface area contributed by atoms with E-state index in [4.69, 9.17) is 0 Å². The average Bonchev–Trinajstić information content (AvgIpc) is 2.40. The van der Waals surface area contributed by atoms with Gasteiger partial charge in [-0.15, -0.1) is 0 Å². The maximum Gasteiger partial charge on any atom is 0.128 e. The smallest absolute Gasteiger partial charge is 0.128 e. The summed E-state index contributed by atoms with van der Waals surface area (Å²) in [7, 11) is 1.93. The van der Waals surface area contributed by atoms with Gasteiger partial charge in [0.25, 0.3) is 0 Å². The summed E-state index contributed by atoms with van der Waals surface area (Å²) in [5.74, 6) is 0.592. The highest BCUT2D eigenvalue weighted by atomic mass is 19.1. The van der Waals surface area contributed by atoms with Crippen LogP contribution in [0.25, 0.3) is 11.3 Å². The van der Waals surface area contributed by atoms with Crippen LogP contribution in [0.3, 0.4) is 0 Å². The zero-order valence-corrected chi connectivity index (χ0v) is 10.4. The number of nitrogens with zero attached hydrogens (tertiary/aromatic N) is 2. The van der Waals surface area contributed by atoms with E-state index in [1.807, 2.05) is 13.1 Å². The van der Waals surface area contributed by atoms with Crippen molar-refractivity contribution in [2.24, 2.45) is 0 Å². The normalized spacial score (nSPS) is 10.6. The summed E-state index contributed by atoms with van der Waals surface area (Å²) < 4.78 is 12.8. The Morgan fingerprint density at radius 1 is 1.17 bits per heavy atom. The second kappa shape index (κ2) is 6.21. The van der Waals surface area contributed by atoms with Gasteiger partial charge in [-0.2, -0.15) is 0 Å². The van der Waals surface area contributed by atoms with Crippen molar-refractivity contribution < 1.29 is 4.39 Å². The van der Waals surface area contributed by atoms with Crippen LogP contribution in [0.1, 0.15) is 12.2 Å². The molecule has 2 aromatic rings. The van der Waals surface area contributed by atoms with E-state index in [2.05, 4.69) is 15.3 Å².